The van der Waals surface area contributed by atoms with Crippen LogP contribution in [0.2, 0.25) is 0 Å². The van der Waals surface area contributed by atoms with Crippen LogP contribution in [0.4, 0.5) is 0 Å². The first-order valence-electron chi connectivity index (χ1n) is 10.1. The van der Waals surface area contributed by atoms with Gasteiger partial charge in [0.25, 0.3) is 0 Å². The average molecular weight is 447 g/mol. The van der Waals surface area contributed by atoms with Crippen molar-refractivity contribution in [1.82, 2.24) is 15.5 Å². The number of aliphatic carboxylic acids is 1. The Balaban J connectivity index is 2.75. The number of likely N-dealkylation sites (tertiary alicyclic amines) is 1. The van der Waals surface area contributed by atoms with Crippen LogP contribution in [0.3, 0.4) is 0 Å². The van der Waals surface area contributed by atoms with Crippen LogP contribution in [0, 0.1) is 5.92 Å². The first-order chi connectivity index (χ1) is 14.1. The Morgan fingerprint density at radius 3 is 2.40 bits per heavy atom. The molecule has 1 rings (SSSR count). The first-order valence-corrected chi connectivity index (χ1v) is 11.5. The molecule has 1 fully saturated rings. The molecule has 30 heavy (non-hydrogen) atoms. The molecular weight excluding hydrogens is 412 g/mol. The molecule has 0 radical (unpaired) electrons. The number of carboxylic acids is 1. The van der Waals surface area contributed by atoms with Gasteiger partial charge < -0.3 is 31.5 Å². The van der Waals surface area contributed by atoms with E-state index in [2.05, 4.69) is 10.6 Å². The topological polar surface area (TPSA) is 162 Å². The van der Waals surface area contributed by atoms with Gasteiger partial charge in [-0.1, -0.05) is 13.8 Å². The largest absolute Gasteiger partial charge is 0.480 e. The minimum Gasteiger partial charge on any atom is -0.480 e. The van der Waals surface area contributed by atoms with Gasteiger partial charge in [0.1, 0.15) is 18.1 Å². The Hall–Kier alpha value is -1.85. The zero-order valence-electron chi connectivity index (χ0n) is 17.8. The lowest BCUT2D eigenvalue weighted by atomic mass is 10.0. The van der Waals surface area contributed by atoms with Gasteiger partial charge in [-0.2, -0.15) is 11.8 Å². The summed E-state index contributed by atoms with van der Waals surface area (Å²) >= 11 is 1.44. The fourth-order valence-electron chi connectivity index (χ4n) is 3.35. The van der Waals surface area contributed by atoms with E-state index in [1.54, 1.807) is 0 Å². The molecule has 0 aromatic rings. The second-order valence-corrected chi connectivity index (χ2v) is 8.84. The molecule has 172 valence electrons. The number of nitrogens with zero attached hydrogens (tertiary/aromatic N) is 1. The molecule has 4 atom stereocenters. The van der Waals surface area contributed by atoms with E-state index < -0.39 is 48.6 Å². The van der Waals surface area contributed by atoms with Crippen molar-refractivity contribution in [1.29, 1.82) is 0 Å². The Morgan fingerprint density at radius 1 is 1.20 bits per heavy atom. The number of thioether (sulfide) groups is 1. The molecule has 1 aliphatic heterocycles. The van der Waals surface area contributed by atoms with Gasteiger partial charge in [0.05, 0.1) is 12.6 Å². The van der Waals surface area contributed by atoms with Gasteiger partial charge in [-0.25, -0.2) is 4.79 Å². The molecule has 6 N–H and O–H groups in total. The SMILES string of the molecule is CSCCC(NC(=O)C(CO)NC(=O)C1CCCN1C(=O)C(N)CC(C)C)C(=O)O. The third-order valence-electron chi connectivity index (χ3n) is 4.92. The predicted octanol–water partition coefficient (Wildman–Crippen LogP) is -0.850. The van der Waals surface area contributed by atoms with Crippen molar-refractivity contribution >= 4 is 35.5 Å². The zero-order valence-corrected chi connectivity index (χ0v) is 18.6. The van der Waals surface area contributed by atoms with E-state index in [0.717, 1.165) is 0 Å². The lowest BCUT2D eigenvalue weighted by Crippen LogP contribution is -2.57. The summed E-state index contributed by atoms with van der Waals surface area (Å²) in [6.45, 7) is 3.61. The highest BCUT2D eigenvalue weighted by molar-refractivity contribution is 7.98. The lowest BCUT2D eigenvalue weighted by molar-refractivity contribution is -0.143. The van der Waals surface area contributed by atoms with E-state index in [1.165, 1.54) is 16.7 Å². The van der Waals surface area contributed by atoms with Gasteiger partial charge in [0.15, 0.2) is 0 Å². The smallest absolute Gasteiger partial charge is 0.326 e. The molecule has 0 saturated carbocycles. The Bertz CT molecular complexity index is 618. The van der Waals surface area contributed by atoms with Crippen molar-refractivity contribution in [2.24, 2.45) is 11.7 Å². The van der Waals surface area contributed by atoms with Gasteiger partial charge in [0, 0.05) is 6.54 Å². The third-order valence-corrected chi connectivity index (χ3v) is 5.57. The van der Waals surface area contributed by atoms with Crippen molar-refractivity contribution in [3.8, 4) is 0 Å². The molecule has 4 unspecified atom stereocenters. The number of nitrogens with two attached hydrogens (primary N) is 1. The highest BCUT2D eigenvalue weighted by atomic mass is 32.2. The predicted molar refractivity (Wildman–Crippen MR) is 114 cm³/mol. The second kappa shape index (κ2) is 12.8. The Labute approximate surface area is 181 Å². The van der Waals surface area contributed by atoms with Crippen LogP contribution in [0.15, 0.2) is 0 Å². The fourth-order valence-corrected chi connectivity index (χ4v) is 3.82. The molecule has 0 spiro atoms. The zero-order chi connectivity index (χ0) is 22.8. The van der Waals surface area contributed by atoms with Crippen LogP contribution >= 0.6 is 11.8 Å². The van der Waals surface area contributed by atoms with Gasteiger partial charge >= 0.3 is 5.97 Å². The van der Waals surface area contributed by atoms with Gasteiger partial charge in [-0.3, -0.25) is 14.4 Å². The summed E-state index contributed by atoms with van der Waals surface area (Å²) in [5.41, 5.74) is 5.97. The summed E-state index contributed by atoms with van der Waals surface area (Å²) in [5.74, 6) is -2.09. The Morgan fingerprint density at radius 2 is 1.87 bits per heavy atom. The maximum Gasteiger partial charge on any atom is 0.326 e. The number of hydrogen-bond donors (Lipinski definition) is 5. The number of carbonyl (C=O) groups excluding carboxylic acids is 3. The molecule has 1 saturated heterocycles. The number of carboxylic acid groups (broad SMARTS) is 1. The van der Waals surface area contributed by atoms with Gasteiger partial charge in [-0.15, -0.1) is 0 Å². The maximum atomic E-state index is 12.7. The molecule has 0 aliphatic carbocycles. The standard InChI is InChI=1S/C19H34N4O6S/c1-11(2)9-12(20)18(27)23-7-4-5-15(23)17(26)22-14(10-24)16(25)21-13(19(28)29)6-8-30-3/h11-15,24H,4-10,20H2,1-3H3,(H,21,25)(H,22,26)(H,28,29). The molecule has 10 nitrogen and oxygen atoms in total. The molecule has 1 aliphatic rings. The minimum atomic E-state index is -1.31. The van der Waals surface area contributed by atoms with Crippen LogP contribution in [-0.4, -0.2) is 88.1 Å². The van der Waals surface area contributed by atoms with Crippen molar-refractivity contribution in [3.63, 3.8) is 0 Å². The van der Waals surface area contributed by atoms with Crippen molar-refractivity contribution < 1.29 is 29.4 Å². The van der Waals surface area contributed by atoms with Crippen molar-refractivity contribution in [2.75, 3.05) is 25.2 Å². The minimum absolute atomic E-state index is 0.215. The highest BCUT2D eigenvalue weighted by Gasteiger charge is 2.37. The molecule has 11 heteroatoms. The number of rotatable bonds is 12. The van der Waals surface area contributed by atoms with E-state index in [0.29, 0.717) is 31.6 Å². The van der Waals surface area contributed by atoms with Crippen molar-refractivity contribution in [2.45, 2.75) is 63.7 Å². The van der Waals surface area contributed by atoms with E-state index in [4.69, 9.17) is 5.73 Å². The monoisotopic (exact) mass is 446 g/mol. The van der Waals surface area contributed by atoms with E-state index in [1.807, 2.05) is 20.1 Å². The molecular formula is C19H34N4O6S. The third kappa shape index (κ3) is 7.77. The summed E-state index contributed by atoms with van der Waals surface area (Å²) in [5, 5.41) is 23.6. The number of nitrogens with one attached hydrogen (secondary N) is 2. The summed E-state index contributed by atoms with van der Waals surface area (Å²) < 4.78 is 0. The van der Waals surface area contributed by atoms with Crippen molar-refractivity contribution in [3.05, 3.63) is 0 Å². The van der Waals surface area contributed by atoms with Gasteiger partial charge in [0.2, 0.25) is 17.7 Å². The molecule has 3 amide bonds. The average Bonchev–Trinajstić information content (AvgIpc) is 3.17. The van der Waals surface area contributed by atoms with Gasteiger partial charge in [-0.05, 0) is 43.6 Å². The highest BCUT2D eigenvalue weighted by Crippen LogP contribution is 2.20. The Kier molecular flexibility index (Phi) is 11.1. The van der Waals surface area contributed by atoms with E-state index >= 15 is 0 Å². The number of hydrogen-bond acceptors (Lipinski definition) is 7. The van der Waals surface area contributed by atoms with Crippen LogP contribution in [0.5, 0.6) is 0 Å². The van der Waals surface area contributed by atoms with E-state index in [-0.39, 0.29) is 18.2 Å². The molecule has 0 aromatic carbocycles. The maximum absolute atomic E-state index is 12.7. The van der Waals surface area contributed by atoms with Crippen LogP contribution in [0.25, 0.3) is 0 Å². The normalized spacial score (nSPS) is 19.3. The summed E-state index contributed by atoms with van der Waals surface area (Å²) in [4.78, 5) is 50.5. The van der Waals surface area contributed by atoms with E-state index in [9.17, 15) is 29.4 Å². The number of aliphatic hydroxyl groups is 1. The first kappa shape index (κ1) is 26.2. The molecule has 1 heterocycles. The van der Waals surface area contributed by atoms with Crippen LogP contribution in [0.1, 0.15) is 39.5 Å². The quantitative estimate of drug-likeness (QED) is 0.259. The summed E-state index contributed by atoms with van der Waals surface area (Å²) in [7, 11) is 0. The number of carbonyl (C=O) groups is 4. The summed E-state index contributed by atoms with van der Waals surface area (Å²) in [6.07, 6.45) is 3.59. The van der Waals surface area contributed by atoms with Crippen LogP contribution < -0.4 is 16.4 Å². The number of amides is 3. The number of aliphatic hydroxyl groups excluding tert-OH is 1. The van der Waals surface area contributed by atoms with Crippen LogP contribution in [-0.2, 0) is 19.2 Å². The second-order valence-electron chi connectivity index (χ2n) is 7.85. The fraction of sp³-hybridized carbons (Fsp3) is 0.789. The molecule has 0 aromatic heterocycles. The lowest BCUT2D eigenvalue weighted by Gasteiger charge is -2.28. The summed E-state index contributed by atoms with van der Waals surface area (Å²) in [6, 6.07) is -3.91. The molecule has 0 bridgehead atoms.